The lowest BCUT2D eigenvalue weighted by molar-refractivity contribution is 0.753. The molecule has 0 unspecified atom stereocenters. The van der Waals surface area contributed by atoms with Crippen molar-refractivity contribution in [2.45, 2.75) is 5.41 Å². The van der Waals surface area contributed by atoms with Gasteiger partial charge in [0, 0.05) is 22.4 Å². The molecule has 0 radical (unpaired) electrons. The predicted molar refractivity (Wildman–Crippen MR) is 270 cm³/mol. The summed E-state index contributed by atoms with van der Waals surface area (Å²) < 4.78 is 0. The van der Waals surface area contributed by atoms with Crippen molar-refractivity contribution < 1.29 is 0 Å². The van der Waals surface area contributed by atoms with Crippen LogP contribution >= 0.6 is 0 Å². The van der Waals surface area contributed by atoms with Crippen LogP contribution in [0.4, 0.5) is 17.1 Å². The molecule has 13 rings (SSSR count). The van der Waals surface area contributed by atoms with Crippen LogP contribution in [0.1, 0.15) is 22.3 Å². The topological polar surface area (TPSA) is 41.9 Å². The Bertz CT molecular complexity index is 3540. The molecule has 0 saturated carbocycles. The van der Waals surface area contributed by atoms with Crippen molar-refractivity contribution in [1.82, 2.24) is 15.0 Å². The van der Waals surface area contributed by atoms with Crippen LogP contribution in [-0.2, 0) is 5.41 Å². The van der Waals surface area contributed by atoms with E-state index in [1.807, 2.05) is 60.7 Å². The lowest BCUT2D eigenvalue weighted by Crippen LogP contribution is -2.36. The highest BCUT2D eigenvalue weighted by Crippen LogP contribution is 2.65. The third kappa shape index (κ3) is 5.75. The molecule has 66 heavy (non-hydrogen) atoms. The fourth-order valence-corrected chi connectivity index (χ4v) is 10.8. The Morgan fingerprint density at radius 3 is 1.39 bits per heavy atom. The Morgan fingerprint density at radius 1 is 0.288 bits per heavy atom. The highest BCUT2D eigenvalue weighted by molar-refractivity contribution is 6.10. The number of rotatable bonds is 6. The lowest BCUT2D eigenvalue weighted by atomic mass is 9.64. The molecule has 4 heteroatoms. The van der Waals surface area contributed by atoms with E-state index in [0.717, 1.165) is 33.5 Å². The number of fused-ring (bicyclic) bond motifs is 10. The second kappa shape index (κ2) is 15.2. The minimum Gasteiger partial charge on any atom is -0.310 e. The fraction of sp³-hybridized carbons (Fsp3) is 0.0161. The molecule has 2 heterocycles. The third-order valence-electron chi connectivity index (χ3n) is 13.5. The van der Waals surface area contributed by atoms with Crippen molar-refractivity contribution in [3.05, 3.63) is 265 Å². The highest BCUT2D eigenvalue weighted by atomic mass is 15.2. The first-order chi connectivity index (χ1) is 32.8. The maximum atomic E-state index is 5.04. The van der Waals surface area contributed by atoms with E-state index in [4.69, 9.17) is 15.0 Å². The maximum absolute atomic E-state index is 5.04. The van der Waals surface area contributed by atoms with Crippen molar-refractivity contribution >= 4 is 27.8 Å². The first kappa shape index (κ1) is 37.8. The maximum Gasteiger partial charge on any atom is 0.164 e. The van der Waals surface area contributed by atoms with E-state index in [9.17, 15) is 0 Å². The van der Waals surface area contributed by atoms with Gasteiger partial charge in [-0.2, -0.15) is 0 Å². The van der Waals surface area contributed by atoms with E-state index in [1.165, 1.54) is 66.7 Å². The monoisotopic (exact) mass is 840 g/mol. The zero-order valence-corrected chi connectivity index (χ0v) is 35.9. The van der Waals surface area contributed by atoms with Crippen LogP contribution in [0.5, 0.6) is 0 Å². The van der Waals surface area contributed by atoms with Crippen molar-refractivity contribution in [1.29, 1.82) is 0 Å². The summed E-state index contributed by atoms with van der Waals surface area (Å²) in [5.41, 5.74) is 18.1. The third-order valence-corrected chi connectivity index (χ3v) is 13.5. The second-order valence-corrected chi connectivity index (χ2v) is 17.1. The molecule has 308 valence electrons. The summed E-state index contributed by atoms with van der Waals surface area (Å²) in [7, 11) is 0. The van der Waals surface area contributed by atoms with Crippen LogP contribution in [0.15, 0.2) is 243 Å². The van der Waals surface area contributed by atoms with Gasteiger partial charge >= 0.3 is 0 Å². The standard InChI is InChI=1S/C62H40N4/c1-4-20-43(21-5-1)59-63-60(44-22-6-2-7-23-44)65-61(64-59)45-37-35-42(36-38-45)48-40-39-41-19-10-11-26-47(41)57(48)50-28-18-32-54-58(50)49-27-12-13-29-51(49)62(54)52-30-14-16-33-55(52)66(46-24-8-3-9-25-46)56-34-17-15-31-53(56)62/h1-40H. The number of anilines is 3. The summed E-state index contributed by atoms with van der Waals surface area (Å²) >= 11 is 0. The predicted octanol–water partition coefficient (Wildman–Crippen LogP) is 15.5. The van der Waals surface area contributed by atoms with E-state index in [1.54, 1.807) is 0 Å². The van der Waals surface area contributed by atoms with Gasteiger partial charge in [0.1, 0.15) is 0 Å². The number of para-hydroxylation sites is 3. The molecule has 0 bridgehead atoms. The zero-order valence-electron chi connectivity index (χ0n) is 35.9. The molecule has 10 aromatic carbocycles. The molecule has 0 saturated heterocycles. The molecule has 2 aliphatic rings. The average molecular weight is 841 g/mol. The molecule has 11 aromatic rings. The van der Waals surface area contributed by atoms with Gasteiger partial charge in [0.15, 0.2) is 17.5 Å². The molecule has 0 N–H and O–H groups in total. The quantitative estimate of drug-likeness (QED) is 0.167. The Labute approximate surface area is 383 Å². The summed E-state index contributed by atoms with van der Waals surface area (Å²) in [6, 6.07) is 87.3. The Morgan fingerprint density at radius 2 is 0.758 bits per heavy atom. The van der Waals surface area contributed by atoms with Crippen LogP contribution in [0.3, 0.4) is 0 Å². The first-order valence-electron chi connectivity index (χ1n) is 22.5. The van der Waals surface area contributed by atoms with Gasteiger partial charge in [-0.1, -0.05) is 218 Å². The van der Waals surface area contributed by atoms with Crippen molar-refractivity contribution in [3.63, 3.8) is 0 Å². The molecule has 0 fully saturated rings. The van der Waals surface area contributed by atoms with Crippen LogP contribution in [0.2, 0.25) is 0 Å². The Balaban J connectivity index is 1.02. The normalized spacial score (nSPS) is 12.9. The summed E-state index contributed by atoms with van der Waals surface area (Å²) in [6.45, 7) is 0. The van der Waals surface area contributed by atoms with E-state index >= 15 is 0 Å². The lowest BCUT2D eigenvalue weighted by Gasteiger charge is -2.45. The van der Waals surface area contributed by atoms with Crippen LogP contribution < -0.4 is 4.90 Å². The van der Waals surface area contributed by atoms with Crippen LogP contribution in [0, 0.1) is 0 Å². The van der Waals surface area contributed by atoms with Gasteiger partial charge in [-0.15, -0.1) is 0 Å². The summed E-state index contributed by atoms with van der Waals surface area (Å²) in [5, 5.41) is 2.41. The largest absolute Gasteiger partial charge is 0.310 e. The number of hydrogen-bond donors (Lipinski definition) is 0. The van der Waals surface area contributed by atoms with Gasteiger partial charge in [-0.05, 0) is 90.7 Å². The van der Waals surface area contributed by atoms with Gasteiger partial charge in [-0.3, -0.25) is 0 Å². The minimum absolute atomic E-state index is 0.561. The SMILES string of the molecule is c1ccc(-c2nc(-c3ccccc3)nc(-c3ccc(-c4ccc5ccccc5c4-c4cccc5c4-c4ccccc4C54c5ccccc5N(c5ccccc5)c5ccccc54)cc3)n2)cc1. The van der Waals surface area contributed by atoms with Crippen molar-refractivity contribution in [3.8, 4) is 67.5 Å². The molecule has 0 amide bonds. The summed E-state index contributed by atoms with van der Waals surface area (Å²) in [6.07, 6.45) is 0. The molecule has 1 aromatic heterocycles. The fourth-order valence-electron chi connectivity index (χ4n) is 10.8. The second-order valence-electron chi connectivity index (χ2n) is 17.1. The molecular formula is C62H40N4. The van der Waals surface area contributed by atoms with E-state index < -0.39 is 5.41 Å². The minimum atomic E-state index is -0.561. The molecule has 1 aliphatic carbocycles. The molecule has 0 atom stereocenters. The smallest absolute Gasteiger partial charge is 0.164 e. The average Bonchev–Trinajstić information content (AvgIpc) is 3.70. The molecule has 1 aliphatic heterocycles. The highest BCUT2D eigenvalue weighted by Gasteiger charge is 2.52. The van der Waals surface area contributed by atoms with Crippen molar-refractivity contribution in [2.24, 2.45) is 0 Å². The van der Waals surface area contributed by atoms with Gasteiger partial charge < -0.3 is 4.90 Å². The molecule has 4 nitrogen and oxygen atoms in total. The molecule has 1 spiro atoms. The first-order valence-corrected chi connectivity index (χ1v) is 22.5. The number of aromatic nitrogens is 3. The van der Waals surface area contributed by atoms with E-state index in [-0.39, 0.29) is 0 Å². The van der Waals surface area contributed by atoms with Gasteiger partial charge in [0.25, 0.3) is 0 Å². The number of benzene rings is 10. The van der Waals surface area contributed by atoms with Crippen LogP contribution in [-0.4, -0.2) is 15.0 Å². The van der Waals surface area contributed by atoms with E-state index in [0.29, 0.717) is 17.5 Å². The molecular weight excluding hydrogens is 801 g/mol. The number of hydrogen-bond acceptors (Lipinski definition) is 4. The van der Waals surface area contributed by atoms with Gasteiger partial charge in [0.05, 0.1) is 16.8 Å². The van der Waals surface area contributed by atoms with Gasteiger partial charge in [-0.25, -0.2) is 15.0 Å². The Hall–Kier alpha value is -8.73. The summed E-state index contributed by atoms with van der Waals surface area (Å²) in [5.74, 6) is 1.93. The zero-order chi connectivity index (χ0) is 43.6. The van der Waals surface area contributed by atoms with Gasteiger partial charge in [0.2, 0.25) is 0 Å². The van der Waals surface area contributed by atoms with Crippen molar-refractivity contribution in [2.75, 3.05) is 4.90 Å². The van der Waals surface area contributed by atoms with Crippen LogP contribution in [0.25, 0.3) is 78.3 Å². The Kier molecular flexibility index (Phi) is 8.72. The summed E-state index contributed by atoms with van der Waals surface area (Å²) in [4.78, 5) is 17.4. The number of nitrogens with zero attached hydrogens (tertiary/aromatic N) is 4. The van der Waals surface area contributed by atoms with E-state index in [2.05, 4.69) is 187 Å².